The number of carbonyl (C=O) groups is 1. The Labute approximate surface area is 109 Å². The minimum Gasteiger partial charge on any atom is -0.459 e. The average molecular weight is 246 g/mol. The minimum absolute atomic E-state index is 0.161. The molecule has 0 aromatic rings. The Morgan fingerprint density at radius 1 is 1.28 bits per heavy atom. The highest BCUT2D eigenvalue weighted by atomic mass is 16.5. The third kappa shape index (κ3) is 1.17. The van der Waals surface area contributed by atoms with Gasteiger partial charge in [-0.25, -0.2) is 4.79 Å². The first-order valence-electron chi connectivity index (χ1n) is 7.46. The molecule has 18 heavy (non-hydrogen) atoms. The van der Waals surface area contributed by atoms with E-state index in [-0.39, 0.29) is 17.5 Å². The maximum atomic E-state index is 11.5. The molecule has 4 fully saturated rings. The van der Waals surface area contributed by atoms with Crippen LogP contribution >= 0.6 is 0 Å². The van der Waals surface area contributed by atoms with E-state index in [4.69, 9.17) is 4.74 Å². The number of fused-ring (bicyclic) bond motifs is 9. The molecule has 0 aromatic carbocycles. The van der Waals surface area contributed by atoms with Crippen molar-refractivity contribution >= 4 is 5.97 Å². The van der Waals surface area contributed by atoms with Gasteiger partial charge in [-0.05, 0) is 61.7 Å². The van der Waals surface area contributed by atoms with E-state index in [1.165, 1.54) is 31.8 Å². The largest absolute Gasteiger partial charge is 0.459 e. The molecule has 7 unspecified atom stereocenters. The van der Waals surface area contributed by atoms with Gasteiger partial charge in [0, 0.05) is 11.5 Å². The summed E-state index contributed by atoms with van der Waals surface area (Å²) < 4.78 is 5.66. The van der Waals surface area contributed by atoms with E-state index in [9.17, 15) is 4.79 Å². The monoisotopic (exact) mass is 246 g/mol. The molecular formula is C16H22O2. The molecule has 0 amide bonds. The number of hydrogen-bond acceptors (Lipinski definition) is 2. The fourth-order valence-corrected chi connectivity index (χ4v) is 6.33. The molecule has 4 saturated carbocycles. The molecule has 0 heterocycles. The van der Waals surface area contributed by atoms with Crippen LogP contribution in [0, 0.1) is 35.0 Å². The van der Waals surface area contributed by atoms with Gasteiger partial charge in [-0.15, -0.1) is 0 Å². The highest BCUT2D eigenvalue weighted by molar-refractivity contribution is 5.81. The normalized spacial score (nSPS) is 55.6. The summed E-state index contributed by atoms with van der Waals surface area (Å²) in [4.78, 5) is 11.5. The third-order valence-electron chi connectivity index (χ3n) is 6.67. The molecule has 98 valence electrons. The first kappa shape index (κ1) is 11.1. The van der Waals surface area contributed by atoms with Crippen molar-refractivity contribution < 1.29 is 9.53 Å². The molecule has 2 nitrogen and oxygen atoms in total. The van der Waals surface area contributed by atoms with Crippen molar-refractivity contribution in [3.05, 3.63) is 12.7 Å². The summed E-state index contributed by atoms with van der Waals surface area (Å²) in [6, 6.07) is 0. The van der Waals surface area contributed by atoms with Crippen molar-refractivity contribution in [1.82, 2.24) is 0 Å². The first-order valence-corrected chi connectivity index (χ1v) is 7.46. The number of rotatable bonds is 2. The van der Waals surface area contributed by atoms with Gasteiger partial charge >= 0.3 is 5.97 Å². The topological polar surface area (TPSA) is 26.3 Å². The van der Waals surface area contributed by atoms with E-state index >= 15 is 0 Å². The maximum Gasteiger partial charge on any atom is 0.330 e. The number of esters is 1. The minimum atomic E-state index is -0.228. The van der Waals surface area contributed by atoms with Crippen molar-refractivity contribution in [3.63, 3.8) is 0 Å². The number of ether oxygens (including phenoxy) is 1. The van der Waals surface area contributed by atoms with Crippen LogP contribution in [0.1, 0.15) is 39.0 Å². The van der Waals surface area contributed by atoms with E-state index in [1.807, 2.05) is 0 Å². The van der Waals surface area contributed by atoms with Gasteiger partial charge < -0.3 is 4.74 Å². The van der Waals surface area contributed by atoms with Crippen LogP contribution < -0.4 is 0 Å². The zero-order valence-corrected chi connectivity index (χ0v) is 11.1. The Bertz CT molecular complexity index is 415. The average Bonchev–Trinajstić information content (AvgIpc) is 3.05. The summed E-state index contributed by atoms with van der Waals surface area (Å²) in [7, 11) is 0. The number of hydrogen-bond donors (Lipinski definition) is 0. The molecule has 0 spiro atoms. The van der Waals surface area contributed by atoms with Crippen molar-refractivity contribution in [2.24, 2.45) is 35.0 Å². The standard InChI is InChI=1S/C16H22O2/c1-3-13(17)18-12-7-11-8-16(12,2)15-10-5-4-9(6-10)14(11)15/h3,9-12,14-15H,1,4-8H2,2H3. The lowest BCUT2D eigenvalue weighted by atomic mass is 9.64. The lowest BCUT2D eigenvalue weighted by Crippen LogP contribution is -2.43. The molecule has 2 heteroatoms. The summed E-state index contributed by atoms with van der Waals surface area (Å²) in [6.45, 7) is 5.91. The summed E-state index contributed by atoms with van der Waals surface area (Å²) in [5, 5.41) is 0. The quantitative estimate of drug-likeness (QED) is 0.425. The molecule has 4 rings (SSSR count). The predicted molar refractivity (Wildman–Crippen MR) is 68.7 cm³/mol. The molecule has 0 N–H and O–H groups in total. The lowest BCUT2D eigenvalue weighted by molar-refractivity contribution is -0.153. The van der Waals surface area contributed by atoms with Crippen LogP contribution in [0.4, 0.5) is 0 Å². The molecule has 7 atom stereocenters. The van der Waals surface area contributed by atoms with Crippen molar-refractivity contribution in [2.75, 3.05) is 0 Å². The molecule has 0 aromatic heterocycles. The van der Waals surface area contributed by atoms with E-state index < -0.39 is 0 Å². The van der Waals surface area contributed by atoms with Crippen LogP contribution in [0.2, 0.25) is 0 Å². The molecular weight excluding hydrogens is 224 g/mol. The predicted octanol–water partition coefficient (Wildman–Crippen LogP) is 3.18. The zero-order chi connectivity index (χ0) is 12.5. The second kappa shape index (κ2) is 3.40. The third-order valence-corrected chi connectivity index (χ3v) is 6.67. The van der Waals surface area contributed by atoms with Crippen LogP contribution in [-0.2, 0) is 9.53 Å². The van der Waals surface area contributed by atoms with E-state index in [1.54, 1.807) is 0 Å². The van der Waals surface area contributed by atoms with Gasteiger partial charge in [0.15, 0.2) is 0 Å². The van der Waals surface area contributed by atoms with Crippen molar-refractivity contribution in [3.8, 4) is 0 Å². The molecule has 0 aliphatic heterocycles. The highest BCUT2D eigenvalue weighted by Gasteiger charge is 2.68. The molecule has 4 bridgehead atoms. The Morgan fingerprint density at radius 2 is 2.06 bits per heavy atom. The molecule has 4 aliphatic carbocycles. The van der Waals surface area contributed by atoms with Gasteiger partial charge in [0.2, 0.25) is 0 Å². The van der Waals surface area contributed by atoms with Crippen molar-refractivity contribution in [2.45, 2.75) is 45.1 Å². The maximum absolute atomic E-state index is 11.5. The Balaban J connectivity index is 1.62. The lowest BCUT2D eigenvalue weighted by Gasteiger charge is -2.44. The van der Waals surface area contributed by atoms with Crippen LogP contribution in [0.5, 0.6) is 0 Å². The second-order valence-electron chi connectivity index (χ2n) is 7.27. The van der Waals surface area contributed by atoms with Crippen LogP contribution in [-0.4, -0.2) is 12.1 Å². The van der Waals surface area contributed by atoms with Gasteiger partial charge in [-0.1, -0.05) is 13.5 Å². The highest BCUT2D eigenvalue weighted by Crippen LogP contribution is 2.72. The first-order chi connectivity index (χ1) is 8.63. The van der Waals surface area contributed by atoms with Gasteiger partial charge in [-0.2, -0.15) is 0 Å². The number of carbonyl (C=O) groups excluding carboxylic acids is 1. The van der Waals surface area contributed by atoms with E-state index in [0.29, 0.717) is 0 Å². The second-order valence-corrected chi connectivity index (χ2v) is 7.27. The SMILES string of the molecule is C=CC(=O)OC1CC2CC1(C)C1C3CCC(C3)C21. The molecule has 0 radical (unpaired) electrons. The van der Waals surface area contributed by atoms with E-state index in [0.717, 1.165) is 36.0 Å². The van der Waals surface area contributed by atoms with Crippen LogP contribution in [0.15, 0.2) is 12.7 Å². The summed E-state index contributed by atoms with van der Waals surface area (Å²) in [6.07, 6.45) is 8.24. The van der Waals surface area contributed by atoms with Gasteiger partial charge in [0.05, 0.1) is 0 Å². The summed E-state index contributed by atoms with van der Waals surface area (Å²) >= 11 is 0. The summed E-state index contributed by atoms with van der Waals surface area (Å²) in [5.74, 6) is 4.35. The summed E-state index contributed by atoms with van der Waals surface area (Å²) in [5.41, 5.74) is 0.272. The molecule has 0 saturated heterocycles. The molecule has 4 aliphatic rings. The van der Waals surface area contributed by atoms with Gasteiger partial charge in [0.1, 0.15) is 6.10 Å². The zero-order valence-electron chi connectivity index (χ0n) is 11.1. The van der Waals surface area contributed by atoms with Crippen molar-refractivity contribution in [1.29, 1.82) is 0 Å². The van der Waals surface area contributed by atoms with Crippen LogP contribution in [0.3, 0.4) is 0 Å². The fraction of sp³-hybridized carbons (Fsp3) is 0.812. The Morgan fingerprint density at radius 3 is 2.83 bits per heavy atom. The Kier molecular flexibility index (Phi) is 2.09. The van der Waals surface area contributed by atoms with Crippen LogP contribution in [0.25, 0.3) is 0 Å². The van der Waals surface area contributed by atoms with Gasteiger partial charge in [-0.3, -0.25) is 0 Å². The fourth-order valence-electron chi connectivity index (χ4n) is 6.33. The van der Waals surface area contributed by atoms with Gasteiger partial charge in [0.25, 0.3) is 0 Å². The smallest absolute Gasteiger partial charge is 0.330 e. The Hall–Kier alpha value is -0.790. The van der Waals surface area contributed by atoms with E-state index in [2.05, 4.69) is 13.5 Å².